The van der Waals surface area contributed by atoms with Crippen LogP contribution in [0.3, 0.4) is 0 Å². The van der Waals surface area contributed by atoms with Crippen molar-refractivity contribution in [2.24, 2.45) is 15.0 Å². The van der Waals surface area contributed by atoms with Crippen molar-refractivity contribution in [1.82, 2.24) is 4.98 Å². The molecule has 1 aromatic rings. The van der Waals surface area contributed by atoms with Crippen molar-refractivity contribution in [2.75, 3.05) is 14.2 Å². The van der Waals surface area contributed by atoms with Crippen LogP contribution in [0.2, 0.25) is 0 Å². The van der Waals surface area contributed by atoms with Gasteiger partial charge in [-0.2, -0.15) is 0 Å². The van der Waals surface area contributed by atoms with Crippen LogP contribution >= 0.6 is 0 Å². The fourth-order valence-corrected chi connectivity index (χ4v) is 7.21. The van der Waals surface area contributed by atoms with Crippen LogP contribution in [0.25, 0.3) is 11.4 Å². The number of H-pyrrole nitrogens is 1. The van der Waals surface area contributed by atoms with E-state index in [2.05, 4.69) is 15.0 Å². The molecule has 5 rings (SSSR count). The number of nitro groups is 3. The van der Waals surface area contributed by atoms with Crippen molar-refractivity contribution in [2.45, 2.75) is 80.1 Å². The molecular weight excluding hydrogens is 678 g/mol. The average molecular weight is 716 g/mol. The number of carbonyl (C=O) groups excluding carboxylic acids is 2. The molecule has 0 aliphatic carbocycles. The summed E-state index contributed by atoms with van der Waals surface area (Å²) in [5.74, 6) is -1.62. The molecular formula is C35H37N7O10. The average Bonchev–Trinajstić information content (AvgIpc) is 3.82. The van der Waals surface area contributed by atoms with Crippen molar-refractivity contribution in [1.29, 1.82) is 0 Å². The number of fused-ring (bicyclic) bond motifs is 5. The van der Waals surface area contributed by atoms with Crippen molar-refractivity contribution < 1.29 is 33.8 Å². The molecule has 272 valence electrons. The fraction of sp³-hybridized carbons (Fsp3) is 0.400. The third-order valence-corrected chi connectivity index (χ3v) is 9.67. The van der Waals surface area contributed by atoms with Gasteiger partial charge in [0.15, 0.2) is 0 Å². The molecule has 17 nitrogen and oxygen atoms in total. The number of carbonyl (C=O) groups is 2. The van der Waals surface area contributed by atoms with Crippen molar-refractivity contribution in [3.05, 3.63) is 108 Å². The first-order valence-corrected chi connectivity index (χ1v) is 16.6. The summed E-state index contributed by atoms with van der Waals surface area (Å²) < 4.78 is 9.76. The molecule has 4 aliphatic heterocycles. The molecule has 0 radical (unpaired) electrons. The molecule has 1 N–H and O–H groups in total. The van der Waals surface area contributed by atoms with E-state index in [9.17, 15) is 39.9 Å². The number of allylic oxidation sites excluding steroid dienone is 4. The Bertz CT molecular complexity index is 2290. The van der Waals surface area contributed by atoms with Gasteiger partial charge in [0.25, 0.3) is 0 Å². The number of aromatic nitrogens is 1. The predicted molar refractivity (Wildman–Crippen MR) is 189 cm³/mol. The number of nitrogens with zero attached hydrogens (tertiary/aromatic N) is 6. The zero-order chi connectivity index (χ0) is 38.3. The minimum atomic E-state index is -0.834. The van der Waals surface area contributed by atoms with E-state index in [0.29, 0.717) is 59.0 Å². The van der Waals surface area contributed by atoms with Gasteiger partial charge >= 0.3 is 29.0 Å². The Hall–Kier alpha value is -6.13. The smallest absolute Gasteiger partial charge is 0.320 e. The summed E-state index contributed by atoms with van der Waals surface area (Å²) in [5, 5.41) is 39.9. The van der Waals surface area contributed by atoms with Crippen LogP contribution in [-0.2, 0) is 31.9 Å². The lowest BCUT2D eigenvalue weighted by Gasteiger charge is -2.09. The lowest BCUT2D eigenvalue weighted by molar-refractivity contribution is -0.416. The van der Waals surface area contributed by atoms with Crippen LogP contribution in [0.4, 0.5) is 0 Å². The molecule has 0 atom stereocenters. The highest BCUT2D eigenvalue weighted by Crippen LogP contribution is 2.41. The van der Waals surface area contributed by atoms with E-state index < -0.39 is 68.1 Å². The second kappa shape index (κ2) is 14.2. The summed E-state index contributed by atoms with van der Waals surface area (Å²) in [5.41, 5.74) is -0.296. The van der Waals surface area contributed by atoms with Gasteiger partial charge in [-0.1, -0.05) is 27.7 Å². The lowest BCUT2D eigenvalue weighted by Crippen LogP contribution is -2.25. The molecule has 17 heteroatoms. The third kappa shape index (κ3) is 5.80. The van der Waals surface area contributed by atoms with Gasteiger partial charge in [-0.25, -0.2) is 15.0 Å². The van der Waals surface area contributed by atoms with Crippen molar-refractivity contribution in [3.63, 3.8) is 0 Å². The van der Waals surface area contributed by atoms with Crippen LogP contribution in [-0.4, -0.2) is 63.0 Å². The number of methoxy groups -OCH3 is 2. The molecule has 0 spiro atoms. The van der Waals surface area contributed by atoms with E-state index >= 15 is 0 Å². The van der Waals surface area contributed by atoms with Crippen LogP contribution in [0.15, 0.2) is 71.2 Å². The van der Waals surface area contributed by atoms with Crippen molar-refractivity contribution >= 4 is 40.5 Å². The normalized spacial score (nSPS) is 17.0. The minimum Gasteiger partial charge on any atom is -0.469 e. The molecule has 0 aromatic carbocycles. The van der Waals surface area contributed by atoms with Crippen LogP contribution in [0.5, 0.6) is 0 Å². The summed E-state index contributed by atoms with van der Waals surface area (Å²) in [6.07, 6.45) is 0.324. The quantitative estimate of drug-likeness (QED) is 0.197. The number of nitrogens with one attached hydrogen (secondary N) is 1. The summed E-state index contributed by atoms with van der Waals surface area (Å²) in [4.78, 5) is 79.9. The Balaban J connectivity index is 2.18. The molecule has 5 heterocycles. The highest BCUT2D eigenvalue weighted by Gasteiger charge is 2.44. The number of aromatic amines is 1. The SMILES string of the molecule is CCC1=C(CC)C2=c3[nH]c(c(CC)c3CC)=C([N+](=O)[O-])C3=NC(=C([N+](=O)[O-])C4=NC(=C([N+](=O)[O-])C1=N2)C(C)=C4CC(=O)OC)C(CC(=O)OC)=C3C. The van der Waals surface area contributed by atoms with Gasteiger partial charge in [0, 0.05) is 11.1 Å². The Morgan fingerprint density at radius 1 is 0.577 bits per heavy atom. The number of hydrogen-bond acceptors (Lipinski definition) is 13. The highest BCUT2D eigenvalue weighted by atomic mass is 16.6. The van der Waals surface area contributed by atoms with E-state index in [1.165, 1.54) is 13.8 Å². The summed E-state index contributed by atoms with van der Waals surface area (Å²) in [6, 6.07) is 0. The van der Waals surface area contributed by atoms with Crippen molar-refractivity contribution in [3.8, 4) is 0 Å². The molecule has 0 unspecified atom stereocenters. The predicted octanol–water partition coefficient (Wildman–Crippen LogP) is 3.86. The lowest BCUT2D eigenvalue weighted by atomic mass is 9.94. The highest BCUT2D eigenvalue weighted by molar-refractivity contribution is 6.28. The number of ether oxygens (including phenoxy) is 2. The number of aliphatic imine (C=N–C) groups is 3. The number of esters is 2. The maximum absolute atomic E-state index is 13.2. The summed E-state index contributed by atoms with van der Waals surface area (Å²) in [6.45, 7) is 10.3. The molecule has 0 saturated heterocycles. The topological polar surface area (TPSA) is 235 Å². The van der Waals surface area contributed by atoms with Crippen LogP contribution < -0.4 is 10.7 Å². The Morgan fingerprint density at radius 3 is 1.54 bits per heavy atom. The fourth-order valence-electron chi connectivity index (χ4n) is 7.21. The van der Waals surface area contributed by atoms with Gasteiger partial charge in [-0.15, -0.1) is 0 Å². The molecule has 8 bridgehead atoms. The molecule has 1 aromatic heterocycles. The van der Waals surface area contributed by atoms with E-state index in [1.54, 1.807) is 0 Å². The summed E-state index contributed by atoms with van der Waals surface area (Å²) in [7, 11) is 2.24. The third-order valence-electron chi connectivity index (χ3n) is 9.67. The Kier molecular flexibility index (Phi) is 10.2. The Morgan fingerprint density at radius 2 is 1.04 bits per heavy atom. The summed E-state index contributed by atoms with van der Waals surface area (Å²) >= 11 is 0. The van der Waals surface area contributed by atoms with Gasteiger partial charge in [0.2, 0.25) is 0 Å². The van der Waals surface area contributed by atoms with E-state index in [4.69, 9.17) is 14.5 Å². The van der Waals surface area contributed by atoms with Gasteiger partial charge in [0.1, 0.15) is 33.9 Å². The number of rotatable bonds is 11. The largest absolute Gasteiger partial charge is 0.469 e. The van der Waals surface area contributed by atoms with Gasteiger partial charge in [-0.3, -0.25) is 39.9 Å². The maximum Gasteiger partial charge on any atom is 0.320 e. The second-order valence-corrected chi connectivity index (χ2v) is 12.2. The van der Waals surface area contributed by atoms with E-state index in [0.717, 1.165) is 14.2 Å². The molecule has 4 aliphatic rings. The maximum atomic E-state index is 13.2. The molecule has 0 fully saturated rings. The molecule has 0 saturated carbocycles. The van der Waals surface area contributed by atoms with Crippen LogP contribution in [0.1, 0.15) is 78.4 Å². The van der Waals surface area contributed by atoms with Gasteiger partial charge < -0.3 is 14.5 Å². The van der Waals surface area contributed by atoms with Gasteiger partial charge in [-0.05, 0) is 73.0 Å². The first-order chi connectivity index (χ1) is 24.7. The Labute approximate surface area is 296 Å². The first kappa shape index (κ1) is 37.1. The first-order valence-electron chi connectivity index (χ1n) is 16.6. The monoisotopic (exact) mass is 715 g/mol. The van der Waals surface area contributed by atoms with E-state index in [-0.39, 0.29) is 44.8 Å². The van der Waals surface area contributed by atoms with Gasteiger partial charge in [0.05, 0.1) is 52.9 Å². The minimum absolute atomic E-state index is 0.0151. The zero-order valence-electron chi connectivity index (χ0n) is 30.0. The standard InChI is InChI=1S/C35H37N7O10/c1-9-17-19(11-3)29-33(40(45)46)25-15(5)21(13-23(43)51-7)31(36-25)35(42(49)50)32-22(14-24(44)52-8)16(6)26(37-32)34(41(47)48)30-20(12-4)18(10-2)28(39-30)27(17)38-29/h38H,9-14H2,1-8H3. The number of hydrogen-bond donors (Lipinski definition) is 1. The molecule has 0 amide bonds. The van der Waals surface area contributed by atoms with E-state index in [1.807, 2.05) is 27.7 Å². The second-order valence-electron chi connectivity index (χ2n) is 12.2. The molecule has 52 heavy (non-hydrogen) atoms. The zero-order valence-corrected chi connectivity index (χ0v) is 30.0. The van der Waals surface area contributed by atoms with Crippen LogP contribution in [0, 0.1) is 30.3 Å².